The summed E-state index contributed by atoms with van der Waals surface area (Å²) in [6, 6.07) is 3.52. The summed E-state index contributed by atoms with van der Waals surface area (Å²) in [5, 5.41) is 0. The fourth-order valence-corrected chi connectivity index (χ4v) is 4.73. The Balaban J connectivity index is 0. The van der Waals surface area contributed by atoms with E-state index in [9.17, 15) is 8.78 Å². The summed E-state index contributed by atoms with van der Waals surface area (Å²) in [6.07, 6.45) is 17.6. The van der Waals surface area contributed by atoms with E-state index in [1.165, 1.54) is 38.5 Å². The molecule has 0 nitrogen and oxygen atoms in total. The molecule has 0 unspecified atom stereocenters. The number of aryl methyl sites for hydroxylation is 1. The van der Waals surface area contributed by atoms with Gasteiger partial charge < -0.3 is 12.3 Å². The molecule has 149 valence electrons. The van der Waals surface area contributed by atoms with E-state index >= 15 is 0 Å². The summed E-state index contributed by atoms with van der Waals surface area (Å²) in [5.41, 5.74) is 1.00. The van der Waals surface area contributed by atoms with Crippen LogP contribution in [0.5, 0.6) is 0 Å². The van der Waals surface area contributed by atoms with Crippen molar-refractivity contribution in [3.8, 4) is 5.92 Å². The molecule has 0 saturated heterocycles. The molecule has 2 aliphatic carbocycles. The van der Waals surface area contributed by atoms with Gasteiger partial charge in [-0.25, -0.2) is 8.78 Å². The Morgan fingerprint density at radius 2 is 1.48 bits per heavy atom. The molecule has 1 aromatic rings. The van der Waals surface area contributed by atoms with Gasteiger partial charge in [-0.2, -0.15) is 0 Å². The first-order valence-electron chi connectivity index (χ1n) is 9.92. The number of benzene rings is 1. The van der Waals surface area contributed by atoms with Crippen LogP contribution in [0.25, 0.3) is 0 Å². The fraction of sp³-hybridized carbons (Fsp3) is 0.583. The normalized spacial score (nSPS) is 27.4. The monoisotopic (exact) mass is 450 g/mol. The third kappa shape index (κ3) is 6.50. The zero-order chi connectivity index (χ0) is 19.1. The summed E-state index contributed by atoms with van der Waals surface area (Å²) < 4.78 is 28.0. The van der Waals surface area contributed by atoms with Crippen molar-refractivity contribution in [3.05, 3.63) is 54.0 Å². The van der Waals surface area contributed by atoms with Crippen molar-refractivity contribution < 1.29 is 44.3 Å². The van der Waals surface area contributed by atoms with E-state index in [0.717, 1.165) is 24.7 Å². The van der Waals surface area contributed by atoms with E-state index in [1.807, 2.05) is 5.92 Å². The molecule has 0 atom stereocenters. The standard InChI is InChI=1S/C21H28F2.C3H3.Y.2H2/c1-3-15-5-7-16(8-6-15)17-9-11-18(12-10-17)19-13-4-14(2)20(22)21(19)23;1-3-2;;;/h3-4,13,15-18H,1,5-12H2,2H3;1H3;;2*1H/q;-1;;;. The minimum atomic E-state index is -0.660. The van der Waals surface area contributed by atoms with Crippen molar-refractivity contribution in [2.75, 3.05) is 0 Å². The van der Waals surface area contributed by atoms with E-state index in [0.29, 0.717) is 17.0 Å². The van der Waals surface area contributed by atoms with Gasteiger partial charge in [-0.15, -0.1) is 6.58 Å². The Kier molecular flexibility index (Phi) is 11.0. The first-order valence-corrected chi connectivity index (χ1v) is 9.92. The molecule has 0 amide bonds. The Morgan fingerprint density at radius 1 is 1.00 bits per heavy atom. The molecule has 2 saturated carbocycles. The van der Waals surface area contributed by atoms with Crippen LogP contribution in [0.2, 0.25) is 0 Å². The summed E-state index contributed by atoms with van der Waals surface area (Å²) in [5.74, 6) is 3.27. The van der Waals surface area contributed by atoms with Crippen LogP contribution < -0.4 is 0 Å². The van der Waals surface area contributed by atoms with E-state index in [2.05, 4.69) is 12.7 Å². The van der Waals surface area contributed by atoms with Crippen LogP contribution >= 0.6 is 0 Å². The Hall–Kier alpha value is -0.516. The fourth-order valence-electron chi connectivity index (χ4n) is 4.73. The van der Waals surface area contributed by atoms with Gasteiger partial charge in [0, 0.05) is 35.6 Å². The molecule has 1 radical (unpaired) electrons. The van der Waals surface area contributed by atoms with Gasteiger partial charge in [-0.1, -0.05) is 18.2 Å². The van der Waals surface area contributed by atoms with Crippen LogP contribution in [-0.2, 0) is 32.7 Å². The van der Waals surface area contributed by atoms with E-state index in [4.69, 9.17) is 6.42 Å². The SMILES string of the molecule is C=CC1CCC(C2CCC(c3ccc(C)c(F)c3F)CC2)CC1.[C-]#CC.[HH].[HH].[Y]. The van der Waals surface area contributed by atoms with Crippen LogP contribution in [0.15, 0.2) is 24.8 Å². The predicted octanol–water partition coefficient (Wildman–Crippen LogP) is 7.63. The summed E-state index contributed by atoms with van der Waals surface area (Å²) >= 11 is 0. The number of rotatable bonds is 3. The van der Waals surface area contributed by atoms with Crippen molar-refractivity contribution >= 4 is 0 Å². The largest absolute Gasteiger partial charge is 0.694 e. The minimum absolute atomic E-state index is 0. The quantitative estimate of drug-likeness (QED) is 0.252. The number of halogens is 2. The van der Waals surface area contributed by atoms with Gasteiger partial charge in [0.2, 0.25) is 0 Å². The second-order valence-electron chi connectivity index (χ2n) is 7.87. The molecule has 3 rings (SSSR count). The maximum absolute atomic E-state index is 14.2. The van der Waals surface area contributed by atoms with E-state index in [-0.39, 0.29) is 41.5 Å². The maximum Gasteiger partial charge on any atom is 0.162 e. The Morgan fingerprint density at radius 3 is 1.96 bits per heavy atom. The van der Waals surface area contributed by atoms with E-state index < -0.39 is 11.6 Å². The van der Waals surface area contributed by atoms with Gasteiger partial charge in [-0.3, -0.25) is 0 Å². The molecule has 27 heavy (non-hydrogen) atoms. The molecule has 0 N–H and O–H groups in total. The average molecular weight is 450 g/mol. The Labute approximate surface area is 192 Å². The smallest absolute Gasteiger partial charge is 0.162 e. The molecule has 2 aliphatic rings. The van der Waals surface area contributed by atoms with Crippen LogP contribution in [0, 0.1) is 48.7 Å². The van der Waals surface area contributed by atoms with Crippen LogP contribution in [-0.4, -0.2) is 0 Å². The second-order valence-corrected chi connectivity index (χ2v) is 7.87. The third-order valence-corrected chi connectivity index (χ3v) is 6.33. The van der Waals surface area contributed by atoms with Crippen LogP contribution in [0.4, 0.5) is 8.78 Å². The molecule has 0 heterocycles. The zero-order valence-electron chi connectivity index (χ0n) is 16.7. The molecule has 1 aromatic carbocycles. The topological polar surface area (TPSA) is 0 Å². The maximum atomic E-state index is 14.2. The molecule has 0 spiro atoms. The molecular formula is C24H35F2Y-. The Bertz CT molecular complexity index is 641. The minimum Gasteiger partial charge on any atom is -0.694 e. The molecule has 0 bridgehead atoms. The second kappa shape index (κ2) is 12.1. The summed E-state index contributed by atoms with van der Waals surface area (Å²) in [7, 11) is 0. The van der Waals surface area contributed by atoms with Crippen LogP contribution in [0.1, 0.15) is 78.2 Å². The van der Waals surface area contributed by atoms with Gasteiger partial charge in [0.25, 0.3) is 0 Å². The van der Waals surface area contributed by atoms with Gasteiger partial charge in [0.05, 0.1) is 0 Å². The van der Waals surface area contributed by atoms with Crippen molar-refractivity contribution in [3.63, 3.8) is 0 Å². The summed E-state index contributed by atoms with van der Waals surface area (Å²) in [6.45, 7) is 7.09. The van der Waals surface area contributed by atoms with Gasteiger partial charge >= 0.3 is 0 Å². The molecule has 0 aliphatic heterocycles. The molecule has 3 heteroatoms. The molecule has 0 aromatic heterocycles. The molecular weight excluding hydrogens is 415 g/mol. The number of hydrogen-bond acceptors (Lipinski definition) is 0. The van der Waals surface area contributed by atoms with Crippen molar-refractivity contribution in [2.24, 2.45) is 17.8 Å². The first-order chi connectivity index (χ1) is 12.5. The van der Waals surface area contributed by atoms with Gasteiger partial charge in [0.1, 0.15) is 0 Å². The van der Waals surface area contributed by atoms with Gasteiger partial charge in [0.15, 0.2) is 11.6 Å². The van der Waals surface area contributed by atoms with Crippen LogP contribution in [0.3, 0.4) is 0 Å². The number of allylic oxidation sites excluding steroid dienone is 1. The van der Waals surface area contributed by atoms with E-state index in [1.54, 1.807) is 26.0 Å². The average Bonchev–Trinajstić information content (AvgIpc) is 2.67. The third-order valence-electron chi connectivity index (χ3n) is 6.33. The van der Waals surface area contributed by atoms with Gasteiger partial charge in [-0.05, 0) is 100 Å². The first kappa shape index (κ1) is 24.5. The summed E-state index contributed by atoms with van der Waals surface area (Å²) in [4.78, 5) is 0. The molecule has 2 fully saturated rings. The van der Waals surface area contributed by atoms with Crippen molar-refractivity contribution in [2.45, 2.75) is 71.1 Å². The zero-order valence-corrected chi connectivity index (χ0v) is 19.6. The van der Waals surface area contributed by atoms with Crippen molar-refractivity contribution in [1.29, 1.82) is 0 Å². The van der Waals surface area contributed by atoms with Crippen molar-refractivity contribution in [1.82, 2.24) is 0 Å². The predicted molar refractivity (Wildman–Crippen MR) is 108 cm³/mol. The number of hydrogen-bond donors (Lipinski definition) is 0.